The van der Waals surface area contributed by atoms with Gasteiger partial charge in [-0.05, 0) is 32.4 Å². The van der Waals surface area contributed by atoms with Crippen molar-refractivity contribution in [3.63, 3.8) is 0 Å². The molecule has 17 heavy (non-hydrogen) atoms. The van der Waals surface area contributed by atoms with Crippen molar-refractivity contribution in [2.45, 2.75) is 37.8 Å². The van der Waals surface area contributed by atoms with Crippen LogP contribution < -0.4 is 5.73 Å². The lowest BCUT2D eigenvalue weighted by atomic mass is 10.2. The van der Waals surface area contributed by atoms with Gasteiger partial charge in [-0.15, -0.1) is 11.8 Å². The molecule has 0 aromatic heterocycles. The van der Waals surface area contributed by atoms with Crippen molar-refractivity contribution < 1.29 is 9.53 Å². The Hall–Kier alpha value is -1.00. The number of nitrogens with two attached hydrogens (primary N) is 1. The van der Waals surface area contributed by atoms with Crippen LogP contribution in [0.25, 0.3) is 0 Å². The molecule has 1 rings (SSSR count). The highest BCUT2D eigenvalue weighted by Crippen LogP contribution is 2.23. The number of carbonyl (C=O) groups excluding carboxylic acids is 1. The number of hydrogen-bond donors (Lipinski definition) is 1. The minimum Gasteiger partial charge on any atom is -0.459 e. The van der Waals surface area contributed by atoms with Gasteiger partial charge in [-0.2, -0.15) is 0 Å². The van der Waals surface area contributed by atoms with E-state index in [4.69, 9.17) is 10.5 Å². The molecule has 0 aliphatic rings. The van der Waals surface area contributed by atoms with Gasteiger partial charge in [0.05, 0.1) is 5.75 Å². The zero-order chi connectivity index (χ0) is 12.9. The summed E-state index contributed by atoms with van der Waals surface area (Å²) in [5, 5.41) is 0. The Morgan fingerprint density at radius 2 is 2.00 bits per heavy atom. The monoisotopic (exact) mass is 253 g/mol. The Labute approximate surface area is 107 Å². The molecule has 0 saturated carbocycles. The third-order valence-corrected chi connectivity index (χ3v) is 3.05. The summed E-state index contributed by atoms with van der Waals surface area (Å²) < 4.78 is 5.24. The largest absolute Gasteiger partial charge is 0.459 e. The molecule has 2 N–H and O–H groups in total. The number of benzene rings is 1. The van der Waals surface area contributed by atoms with Crippen LogP contribution in [-0.2, 0) is 16.1 Å². The number of ether oxygens (including phenoxy) is 1. The lowest BCUT2D eigenvalue weighted by Crippen LogP contribution is -2.24. The van der Waals surface area contributed by atoms with Crippen LogP contribution in [-0.4, -0.2) is 17.3 Å². The van der Waals surface area contributed by atoms with Gasteiger partial charge in [0.15, 0.2) is 0 Å². The van der Waals surface area contributed by atoms with Crippen LogP contribution in [0.2, 0.25) is 0 Å². The SMILES string of the molecule is CC(C)(C)OC(=O)CSc1ccccc1CN. The summed E-state index contributed by atoms with van der Waals surface area (Å²) in [7, 11) is 0. The second-order valence-electron chi connectivity index (χ2n) is 4.69. The minimum atomic E-state index is -0.426. The molecule has 0 fully saturated rings. The average molecular weight is 253 g/mol. The fraction of sp³-hybridized carbons (Fsp3) is 0.462. The van der Waals surface area contributed by atoms with Crippen LogP contribution in [0, 0.1) is 0 Å². The Balaban J connectivity index is 2.53. The van der Waals surface area contributed by atoms with E-state index in [1.54, 1.807) is 0 Å². The van der Waals surface area contributed by atoms with E-state index < -0.39 is 5.60 Å². The smallest absolute Gasteiger partial charge is 0.316 e. The van der Waals surface area contributed by atoms with E-state index in [0.717, 1.165) is 10.5 Å². The summed E-state index contributed by atoms with van der Waals surface area (Å²) in [6.07, 6.45) is 0. The van der Waals surface area contributed by atoms with Gasteiger partial charge < -0.3 is 10.5 Å². The van der Waals surface area contributed by atoms with E-state index >= 15 is 0 Å². The summed E-state index contributed by atoms with van der Waals surface area (Å²) in [5.41, 5.74) is 6.26. The normalized spacial score (nSPS) is 11.3. The Morgan fingerprint density at radius 1 is 1.35 bits per heavy atom. The molecule has 0 aliphatic carbocycles. The molecule has 0 aliphatic heterocycles. The first-order chi connectivity index (χ1) is 7.92. The number of hydrogen-bond acceptors (Lipinski definition) is 4. The van der Waals surface area contributed by atoms with Crippen LogP contribution in [0.4, 0.5) is 0 Å². The van der Waals surface area contributed by atoms with Crippen molar-refractivity contribution in [2.75, 3.05) is 5.75 Å². The molecule has 0 amide bonds. The van der Waals surface area contributed by atoms with Crippen LogP contribution in [0.3, 0.4) is 0 Å². The maximum atomic E-state index is 11.6. The summed E-state index contributed by atoms with van der Waals surface area (Å²) in [4.78, 5) is 12.6. The fourth-order valence-electron chi connectivity index (χ4n) is 1.32. The first kappa shape index (κ1) is 14.1. The Morgan fingerprint density at radius 3 is 2.59 bits per heavy atom. The number of rotatable bonds is 4. The molecule has 4 heteroatoms. The van der Waals surface area contributed by atoms with Crippen molar-refractivity contribution in [1.29, 1.82) is 0 Å². The molecule has 94 valence electrons. The van der Waals surface area contributed by atoms with Crippen LogP contribution >= 0.6 is 11.8 Å². The van der Waals surface area contributed by atoms with Gasteiger partial charge in [-0.1, -0.05) is 18.2 Å². The van der Waals surface area contributed by atoms with E-state index in [2.05, 4.69) is 0 Å². The predicted molar refractivity (Wildman–Crippen MR) is 70.9 cm³/mol. The van der Waals surface area contributed by atoms with Crippen molar-refractivity contribution in [2.24, 2.45) is 5.73 Å². The topological polar surface area (TPSA) is 52.3 Å². The molecule has 0 unspecified atom stereocenters. The molecule has 0 atom stereocenters. The Bertz CT molecular complexity index is 385. The number of carbonyl (C=O) groups is 1. The van der Waals surface area contributed by atoms with E-state index in [1.807, 2.05) is 45.0 Å². The summed E-state index contributed by atoms with van der Waals surface area (Å²) in [6, 6.07) is 7.82. The first-order valence-corrected chi connectivity index (χ1v) is 6.53. The molecule has 0 saturated heterocycles. The van der Waals surface area contributed by atoms with E-state index in [0.29, 0.717) is 12.3 Å². The second-order valence-corrected chi connectivity index (χ2v) is 5.70. The average Bonchev–Trinajstić information content (AvgIpc) is 2.24. The van der Waals surface area contributed by atoms with Crippen LogP contribution in [0.1, 0.15) is 26.3 Å². The van der Waals surface area contributed by atoms with Gasteiger partial charge in [0.2, 0.25) is 0 Å². The highest BCUT2D eigenvalue weighted by atomic mass is 32.2. The van der Waals surface area contributed by atoms with Crippen LogP contribution in [0.15, 0.2) is 29.2 Å². The molecule has 1 aromatic rings. The quantitative estimate of drug-likeness (QED) is 0.662. The lowest BCUT2D eigenvalue weighted by molar-refractivity contribution is -0.151. The third kappa shape index (κ3) is 5.24. The molecular formula is C13H19NO2S. The molecule has 3 nitrogen and oxygen atoms in total. The predicted octanol–water partition coefficient (Wildman–Crippen LogP) is 2.58. The molecule has 0 heterocycles. The van der Waals surface area contributed by atoms with Crippen LogP contribution in [0.5, 0.6) is 0 Å². The maximum absolute atomic E-state index is 11.6. The summed E-state index contributed by atoms with van der Waals surface area (Å²) in [6.45, 7) is 6.08. The zero-order valence-electron chi connectivity index (χ0n) is 10.5. The standard InChI is InChI=1S/C13H19NO2S/c1-13(2,3)16-12(15)9-17-11-7-5-4-6-10(11)8-14/h4-7H,8-9,14H2,1-3H3. The minimum absolute atomic E-state index is 0.200. The highest BCUT2D eigenvalue weighted by Gasteiger charge is 2.16. The Kier molecular flexibility index (Phi) is 5.02. The number of thioether (sulfide) groups is 1. The first-order valence-electron chi connectivity index (χ1n) is 5.55. The molecule has 0 radical (unpaired) electrons. The van der Waals surface area contributed by atoms with Gasteiger partial charge in [-0.3, -0.25) is 4.79 Å². The second kappa shape index (κ2) is 6.07. The van der Waals surface area contributed by atoms with Crippen molar-refractivity contribution in [1.82, 2.24) is 0 Å². The third-order valence-electron chi connectivity index (χ3n) is 1.96. The van der Waals surface area contributed by atoms with E-state index in [1.165, 1.54) is 11.8 Å². The summed E-state index contributed by atoms with van der Waals surface area (Å²) in [5.74, 6) is 0.114. The maximum Gasteiger partial charge on any atom is 0.316 e. The molecule has 0 spiro atoms. The van der Waals surface area contributed by atoms with Gasteiger partial charge in [0, 0.05) is 11.4 Å². The van der Waals surface area contributed by atoms with Gasteiger partial charge >= 0.3 is 5.97 Å². The van der Waals surface area contributed by atoms with Crippen molar-refractivity contribution >= 4 is 17.7 Å². The van der Waals surface area contributed by atoms with Gasteiger partial charge in [-0.25, -0.2) is 0 Å². The van der Waals surface area contributed by atoms with E-state index in [-0.39, 0.29) is 5.97 Å². The van der Waals surface area contributed by atoms with Gasteiger partial charge in [0.1, 0.15) is 5.60 Å². The van der Waals surface area contributed by atoms with Crippen molar-refractivity contribution in [3.8, 4) is 0 Å². The molecular weight excluding hydrogens is 234 g/mol. The number of esters is 1. The molecule has 1 aromatic carbocycles. The highest BCUT2D eigenvalue weighted by molar-refractivity contribution is 8.00. The van der Waals surface area contributed by atoms with Crippen molar-refractivity contribution in [3.05, 3.63) is 29.8 Å². The fourth-order valence-corrected chi connectivity index (χ4v) is 2.16. The zero-order valence-corrected chi connectivity index (χ0v) is 11.3. The lowest BCUT2D eigenvalue weighted by Gasteiger charge is -2.19. The molecule has 0 bridgehead atoms. The van der Waals surface area contributed by atoms with Gasteiger partial charge in [0.25, 0.3) is 0 Å². The van der Waals surface area contributed by atoms with E-state index in [9.17, 15) is 4.79 Å². The summed E-state index contributed by atoms with van der Waals surface area (Å²) >= 11 is 1.47.